The van der Waals surface area contributed by atoms with Crippen molar-refractivity contribution >= 4 is 54.4 Å². The fourth-order valence-electron chi connectivity index (χ4n) is 6.67. The number of rotatable bonds is 7. The molecule has 0 radical (unpaired) electrons. The van der Waals surface area contributed by atoms with Gasteiger partial charge in [-0.15, -0.1) is 0 Å². The predicted molar refractivity (Wildman–Crippen MR) is 186 cm³/mol. The van der Waals surface area contributed by atoms with E-state index in [2.05, 4.69) is 16.0 Å². The molecule has 3 aromatic carbocycles. The first-order valence-corrected chi connectivity index (χ1v) is 17.1. The standard InChI is InChI=1S/C33H31BClF3N6O12/c35-23-16(12-18(37)26(47)27(23)48)25(29(49)40-21-9-13-1-2-17(36)22(30(50)51)28(13)56-34(21)55)41-32(53)44-8-7-43(33(44)54)15-3-5-42(6-4-15)31(52)39-14-10-19(45)24(38)20(46)11-14/h1-2,10-12,15,21,25,45-48,55H,3-9H2,(H,39,52)(H,40,49)(H,41,53)(H,50,51)/t21-,25?/m0/s1. The van der Waals surface area contributed by atoms with E-state index < -0.39 is 117 Å². The van der Waals surface area contributed by atoms with Crippen LogP contribution in [0.25, 0.3) is 0 Å². The Morgan fingerprint density at radius 2 is 1.57 bits per heavy atom. The van der Waals surface area contributed by atoms with Gasteiger partial charge in [-0.05, 0) is 37.0 Å². The molecule has 18 nitrogen and oxygen atoms in total. The Kier molecular flexibility index (Phi) is 10.9. The molecule has 9 N–H and O–H groups in total. The minimum Gasteiger partial charge on any atom is -0.534 e. The highest BCUT2D eigenvalue weighted by molar-refractivity contribution is 6.47. The summed E-state index contributed by atoms with van der Waals surface area (Å²) in [6.07, 6.45) is 0.208. The van der Waals surface area contributed by atoms with Gasteiger partial charge < -0.3 is 61.0 Å². The Hall–Kier alpha value is -6.29. The largest absolute Gasteiger partial charge is 0.547 e. The van der Waals surface area contributed by atoms with Gasteiger partial charge in [0.15, 0.2) is 28.8 Å². The van der Waals surface area contributed by atoms with Crippen LogP contribution in [0.2, 0.25) is 5.02 Å². The molecular weight excluding hydrogens is 776 g/mol. The van der Waals surface area contributed by atoms with Crippen LogP contribution < -0.4 is 20.6 Å². The summed E-state index contributed by atoms with van der Waals surface area (Å²) in [5, 5.41) is 65.7. The van der Waals surface area contributed by atoms with Gasteiger partial charge in [-0.25, -0.2) is 32.9 Å². The van der Waals surface area contributed by atoms with E-state index in [4.69, 9.17) is 16.3 Å². The third-order valence-corrected chi connectivity index (χ3v) is 9.95. The molecule has 2 fully saturated rings. The maximum atomic E-state index is 14.7. The van der Waals surface area contributed by atoms with Crippen LogP contribution in [-0.4, -0.2) is 121 Å². The summed E-state index contributed by atoms with van der Waals surface area (Å²) in [5.41, 5.74) is -1.42. The van der Waals surface area contributed by atoms with Crippen molar-refractivity contribution in [2.45, 2.75) is 37.3 Å². The normalized spacial score (nSPS) is 17.6. The summed E-state index contributed by atoms with van der Waals surface area (Å²) in [4.78, 5) is 68.8. The maximum Gasteiger partial charge on any atom is 0.547 e. The number of halogens is 4. The fourth-order valence-corrected chi connectivity index (χ4v) is 6.93. The van der Waals surface area contributed by atoms with E-state index in [1.54, 1.807) is 0 Å². The third-order valence-electron chi connectivity index (χ3n) is 9.55. The molecule has 7 amide bonds. The van der Waals surface area contributed by atoms with Crippen molar-refractivity contribution in [3.05, 3.63) is 69.5 Å². The van der Waals surface area contributed by atoms with E-state index in [0.29, 0.717) is 6.07 Å². The Morgan fingerprint density at radius 3 is 2.21 bits per heavy atom. The Balaban J connectivity index is 1.14. The molecular formula is C33H31BClF3N6O12. The van der Waals surface area contributed by atoms with Gasteiger partial charge in [-0.1, -0.05) is 17.7 Å². The second-order valence-corrected chi connectivity index (χ2v) is 13.4. The number of hydrogen-bond donors (Lipinski definition) is 9. The summed E-state index contributed by atoms with van der Waals surface area (Å²) < 4.78 is 47.7. The zero-order chi connectivity index (χ0) is 40.7. The molecule has 0 spiro atoms. The van der Waals surface area contributed by atoms with Gasteiger partial charge in [0.2, 0.25) is 11.7 Å². The minimum absolute atomic E-state index is 0.0352. The van der Waals surface area contributed by atoms with Crippen LogP contribution in [0.3, 0.4) is 0 Å². The molecule has 296 valence electrons. The first kappa shape index (κ1) is 39.4. The first-order chi connectivity index (χ1) is 26.5. The zero-order valence-corrected chi connectivity index (χ0v) is 29.4. The summed E-state index contributed by atoms with van der Waals surface area (Å²) in [7, 11) is -1.96. The number of aromatic carboxylic acids is 1. The van der Waals surface area contributed by atoms with Crippen LogP contribution in [0.1, 0.15) is 40.4 Å². The molecule has 0 aliphatic carbocycles. The molecule has 3 aliphatic rings. The smallest absolute Gasteiger partial charge is 0.534 e. The van der Waals surface area contributed by atoms with E-state index in [9.17, 15) is 67.7 Å². The molecule has 0 aromatic heterocycles. The molecule has 3 aromatic rings. The zero-order valence-electron chi connectivity index (χ0n) is 28.6. The summed E-state index contributed by atoms with van der Waals surface area (Å²) >= 11 is 6.17. The first-order valence-electron chi connectivity index (χ1n) is 16.7. The van der Waals surface area contributed by atoms with Gasteiger partial charge in [0.1, 0.15) is 23.2 Å². The molecule has 0 bridgehead atoms. The number of piperidine rings is 1. The van der Waals surface area contributed by atoms with Crippen LogP contribution in [-0.2, 0) is 11.2 Å². The van der Waals surface area contributed by atoms with Crippen LogP contribution in [0.15, 0.2) is 30.3 Å². The molecule has 56 heavy (non-hydrogen) atoms. The van der Waals surface area contributed by atoms with E-state index in [1.807, 2.05) is 0 Å². The number of phenols is 4. The van der Waals surface area contributed by atoms with Crippen molar-refractivity contribution in [2.75, 3.05) is 31.5 Å². The van der Waals surface area contributed by atoms with Gasteiger partial charge >= 0.3 is 31.2 Å². The molecule has 0 saturated carbocycles. The molecule has 23 heteroatoms. The highest BCUT2D eigenvalue weighted by Gasteiger charge is 2.43. The van der Waals surface area contributed by atoms with Crippen molar-refractivity contribution in [1.82, 2.24) is 25.3 Å². The molecule has 6 rings (SSSR count). The number of hydrogen-bond acceptors (Lipinski definition) is 11. The minimum atomic E-state index is -2.00. The van der Waals surface area contributed by atoms with Crippen LogP contribution >= 0.6 is 11.6 Å². The number of likely N-dealkylation sites (tertiary alicyclic amines) is 1. The predicted octanol–water partition coefficient (Wildman–Crippen LogP) is 2.60. The summed E-state index contributed by atoms with van der Waals surface area (Å²) in [5.74, 6) is -12.7. The van der Waals surface area contributed by atoms with E-state index in [-0.39, 0.29) is 56.7 Å². The lowest BCUT2D eigenvalue weighted by molar-refractivity contribution is -0.123. The average molecular weight is 807 g/mol. The number of nitrogens with zero attached hydrogens (tertiary/aromatic N) is 3. The Bertz CT molecular complexity index is 2120. The van der Waals surface area contributed by atoms with Crippen molar-refractivity contribution in [3.63, 3.8) is 0 Å². The third kappa shape index (κ3) is 7.51. The number of carbonyl (C=O) groups excluding carboxylic acids is 4. The van der Waals surface area contributed by atoms with Gasteiger partial charge in [-0.2, -0.15) is 4.39 Å². The van der Waals surface area contributed by atoms with Crippen molar-refractivity contribution < 1.29 is 72.4 Å². The summed E-state index contributed by atoms with van der Waals surface area (Å²) in [6, 6.07) is -0.639. The number of amides is 7. The molecule has 1 unspecified atom stereocenters. The van der Waals surface area contributed by atoms with E-state index in [0.717, 1.165) is 23.1 Å². The average Bonchev–Trinajstić information content (AvgIpc) is 3.54. The Labute approximate surface area is 318 Å². The second kappa shape index (κ2) is 15.5. The second-order valence-electron chi connectivity index (χ2n) is 13.0. The number of aromatic hydroxyl groups is 4. The lowest BCUT2D eigenvalue weighted by Gasteiger charge is -2.36. The number of carboxylic acid groups (broad SMARTS) is 1. The molecule has 3 heterocycles. The molecule has 2 atom stereocenters. The van der Waals surface area contributed by atoms with Crippen LogP contribution in [0, 0.1) is 17.5 Å². The van der Waals surface area contributed by atoms with Gasteiger partial charge in [0.05, 0.1) is 11.0 Å². The highest BCUT2D eigenvalue weighted by atomic mass is 35.5. The summed E-state index contributed by atoms with van der Waals surface area (Å²) in [6.45, 7) is 0.119. The Morgan fingerprint density at radius 1 is 0.911 bits per heavy atom. The molecule has 3 aliphatic heterocycles. The highest BCUT2D eigenvalue weighted by Crippen LogP contribution is 2.41. The number of phenolic OH excluding ortho intramolecular Hbond substituents is 4. The maximum absolute atomic E-state index is 14.7. The lowest BCUT2D eigenvalue weighted by Crippen LogP contribution is -2.56. The van der Waals surface area contributed by atoms with Gasteiger partial charge in [0, 0.05) is 55.6 Å². The number of carbonyl (C=O) groups is 5. The van der Waals surface area contributed by atoms with Crippen molar-refractivity contribution in [3.8, 4) is 28.7 Å². The molecule has 2 saturated heterocycles. The quantitative estimate of drug-likeness (QED) is 0.123. The lowest BCUT2D eigenvalue weighted by atomic mass is 9.72. The number of imide groups is 1. The number of benzene rings is 3. The SMILES string of the molecule is O=C(O)c1c(F)ccc2c1OB(O)[C@@H](NC(=O)C(NC(=O)N1CCN(C3CCN(C(=O)Nc4cc(O)c(F)c(O)c4)CC3)C1=O)c1cc(F)c(O)c(O)c1Cl)C2. The van der Waals surface area contributed by atoms with Gasteiger partial charge in [-0.3, -0.25) is 4.79 Å². The van der Waals surface area contributed by atoms with Crippen LogP contribution in [0.5, 0.6) is 28.7 Å². The fraction of sp³-hybridized carbons (Fsp3) is 0.303. The van der Waals surface area contributed by atoms with E-state index >= 15 is 0 Å². The van der Waals surface area contributed by atoms with E-state index in [1.165, 1.54) is 15.9 Å². The van der Waals surface area contributed by atoms with Crippen molar-refractivity contribution in [1.29, 1.82) is 0 Å². The monoisotopic (exact) mass is 806 g/mol. The number of fused-ring (bicyclic) bond motifs is 1. The number of anilines is 1. The topological polar surface area (TPSA) is 262 Å². The van der Waals surface area contributed by atoms with Gasteiger partial charge in [0.25, 0.3) is 0 Å². The number of urea groups is 3. The van der Waals surface area contributed by atoms with Crippen LogP contribution in [0.4, 0.5) is 33.2 Å². The number of carboxylic acids is 1. The van der Waals surface area contributed by atoms with Crippen molar-refractivity contribution in [2.24, 2.45) is 0 Å². The number of nitrogens with one attached hydrogen (secondary N) is 3.